The summed E-state index contributed by atoms with van der Waals surface area (Å²) >= 11 is 0. The standard InChI is InChI=1S/C16H17N3O3/c20-16-15-13(12-3-1-2-4-14(12)22-15)11-17-19(16)6-5-18-7-9-21-10-8-18/h1-4,11H,5-10H2. The Hall–Kier alpha value is -2.18. The lowest BCUT2D eigenvalue weighted by molar-refractivity contribution is 0.0358. The molecule has 0 spiro atoms. The number of hydrogen-bond acceptors (Lipinski definition) is 5. The van der Waals surface area contributed by atoms with E-state index >= 15 is 0 Å². The van der Waals surface area contributed by atoms with Crippen LogP contribution >= 0.6 is 0 Å². The van der Waals surface area contributed by atoms with E-state index in [1.54, 1.807) is 6.20 Å². The molecular weight excluding hydrogens is 282 g/mol. The zero-order valence-electron chi connectivity index (χ0n) is 12.2. The van der Waals surface area contributed by atoms with Crippen molar-refractivity contribution in [1.82, 2.24) is 14.7 Å². The van der Waals surface area contributed by atoms with Crippen molar-refractivity contribution < 1.29 is 9.15 Å². The van der Waals surface area contributed by atoms with Crippen molar-refractivity contribution >= 4 is 21.9 Å². The normalized spacial score (nSPS) is 16.5. The second-order valence-electron chi connectivity index (χ2n) is 5.47. The lowest BCUT2D eigenvalue weighted by atomic mass is 10.2. The molecule has 0 amide bonds. The minimum absolute atomic E-state index is 0.165. The molecule has 0 bridgehead atoms. The Labute approximate surface area is 126 Å². The first-order chi connectivity index (χ1) is 10.8. The topological polar surface area (TPSA) is 60.5 Å². The SMILES string of the molecule is O=c1c2oc3ccccc3c2cnn1CCN1CCOCC1. The summed E-state index contributed by atoms with van der Waals surface area (Å²) in [5.41, 5.74) is 0.947. The predicted octanol–water partition coefficient (Wildman–Crippen LogP) is 1.47. The zero-order valence-corrected chi connectivity index (χ0v) is 12.2. The molecule has 0 saturated carbocycles. The second-order valence-corrected chi connectivity index (χ2v) is 5.47. The molecule has 4 rings (SSSR count). The smallest absolute Gasteiger partial charge is 0.310 e. The minimum atomic E-state index is -0.165. The molecule has 114 valence electrons. The summed E-state index contributed by atoms with van der Waals surface area (Å²) in [6.45, 7) is 4.67. The lowest BCUT2D eigenvalue weighted by Gasteiger charge is -2.26. The van der Waals surface area contributed by atoms with E-state index in [0.717, 1.165) is 49.2 Å². The van der Waals surface area contributed by atoms with Crippen LogP contribution in [-0.2, 0) is 11.3 Å². The monoisotopic (exact) mass is 299 g/mol. The number of rotatable bonds is 3. The van der Waals surface area contributed by atoms with Crippen LogP contribution in [0.2, 0.25) is 0 Å². The summed E-state index contributed by atoms with van der Waals surface area (Å²) in [6, 6.07) is 7.64. The van der Waals surface area contributed by atoms with Crippen molar-refractivity contribution in [2.75, 3.05) is 32.8 Å². The Kier molecular flexibility index (Phi) is 3.40. The number of ether oxygens (including phenoxy) is 1. The van der Waals surface area contributed by atoms with Crippen molar-refractivity contribution in [3.8, 4) is 0 Å². The fourth-order valence-corrected chi connectivity index (χ4v) is 2.87. The van der Waals surface area contributed by atoms with Gasteiger partial charge in [0.25, 0.3) is 0 Å². The molecule has 22 heavy (non-hydrogen) atoms. The Morgan fingerprint density at radius 3 is 2.77 bits per heavy atom. The van der Waals surface area contributed by atoms with Crippen molar-refractivity contribution in [1.29, 1.82) is 0 Å². The summed E-state index contributed by atoms with van der Waals surface area (Å²) in [4.78, 5) is 14.8. The van der Waals surface area contributed by atoms with Gasteiger partial charge >= 0.3 is 5.56 Å². The van der Waals surface area contributed by atoms with Gasteiger partial charge in [-0.15, -0.1) is 0 Å². The molecule has 0 N–H and O–H groups in total. The zero-order chi connectivity index (χ0) is 14.9. The van der Waals surface area contributed by atoms with Gasteiger partial charge in [-0.1, -0.05) is 18.2 Å². The number of nitrogens with zero attached hydrogens (tertiary/aromatic N) is 3. The third-order valence-electron chi connectivity index (χ3n) is 4.12. The Morgan fingerprint density at radius 1 is 1.09 bits per heavy atom. The minimum Gasteiger partial charge on any atom is -0.450 e. The average Bonchev–Trinajstić information content (AvgIpc) is 2.95. The molecule has 0 aliphatic carbocycles. The molecule has 1 aromatic carbocycles. The number of morpholine rings is 1. The molecule has 1 fully saturated rings. The van der Waals surface area contributed by atoms with Gasteiger partial charge < -0.3 is 9.15 Å². The van der Waals surface area contributed by atoms with Crippen LogP contribution in [0.15, 0.2) is 39.7 Å². The van der Waals surface area contributed by atoms with Crippen LogP contribution in [-0.4, -0.2) is 47.5 Å². The maximum Gasteiger partial charge on any atom is 0.310 e. The number of hydrogen-bond donors (Lipinski definition) is 0. The first kappa shape index (κ1) is 13.5. The van der Waals surface area contributed by atoms with E-state index < -0.39 is 0 Å². The fourth-order valence-electron chi connectivity index (χ4n) is 2.87. The molecule has 6 nitrogen and oxygen atoms in total. The molecule has 1 aliphatic rings. The fraction of sp³-hybridized carbons (Fsp3) is 0.375. The molecule has 1 saturated heterocycles. The van der Waals surface area contributed by atoms with Gasteiger partial charge in [0.05, 0.1) is 31.3 Å². The van der Waals surface area contributed by atoms with Gasteiger partial charge in [-0.25, -0.2) is 4.68 Å². The number of fused-ring (bicyclic) bond motifs is 3. The van der Waals surface area contributed by atoms with Crippen LogP contribution in [0.25, 0.3) is 21.9 Å². The molecule has 3 heterocycles. The highest BCUT2D eigenvalue weighted by Crippen LogP contribution is 2.25. The first-order valence-corrected chi connectivity index (χ1v) is 7.50. The van der Waals surface area contributed by atoms with E-state index in [0.29, 0.717) is 12.1 Å². The number of furan rings is 1. The molecule has 3 aromatic rings. The Bertz CT molecular complexity index is 862. The molecule has 0 unspecified atom stereocenters. The summed E-state index contributed by atoms with van der Waals surface area (Å²) in [6.07, 6.45) is 1.72. The summed E-state index contributed by atoms with van der Waals surface area (Å²) in [5, 5.41) is 6.01. The highest BCUT2D eigenvalue weighted by atomic mass is 16.5. The lowest BCUT2D eigenvalue weighted by Crippen LogP contribution is -2.39. The summed E-state index contributed by atoms with van der Waals surface area (Å²) in [7, 11) is 0. The molecule has 2 aromatic heterocycles. The van der Waals surface area contributed by atoms with Crippen LogP contribution in [0, 0.1) is 0 Å². The van der Waals surface area contributed by atoms with Gasteiger partial charge in [-0.05, 0) is 6.07 Å². The van der Waals surface area contributed by atoms with Crippen LogP contribution in [0.5, 0.6) is 0 Å². The quantitative estimate of drug-likeness (QED) is 0.733. The first-order valence-electron chi connectivity index (χ1n) is 7.50. The van der Waals surface area contributed by atoms with Gasteiger partial charge in [0.1, 0.15) is 5.58 Å². The van der Waals surface area contributed by atoms with E-state index in [1.165, 1.54) is 4.68 Å². The predicted molar refractivity (Wildman–Crippen MR) is 83.0 cm³/mol. The van der Waals surface area contributed by atoms with Crippen molar-refractivity contribution in [3.05, 3.63) is 40.8 Å². The van der Waals surface area contributed by atoms with Gasteiger partial charge in [0.2, 0.25) is 5.58 Å². The third-order valence-corrected chi connectivity index (χ3v) is 4.12. The van der Waals surface area contributed by atoms with Gasteiger partial charge in [0.15, 0.2) is 0 Å². The molecule has 6 heteroatoms. The van der Waals surface area contributed by atoms with Crippen LogP contribution in [0.4, 0.5) is 0 Å². The largest absolute Gasteiger partial charge is 0.450 e. The van der Waals surface area contributed by atoms with Crippen molar-refractivity contribution in [3.63, 3.8) is 0 Å². The highest BCUT2D eigenvalue weighted by molar-refractivity contribution is 6.03. The van der Waals surface area contributed by atoms with E-state index in [1.807, 2.05) is 24.3 Å². The number of aromatic nitrogens is 2. The molecule has 1 aliphatic heterocycles. The molecular formula is C16H17N3O3. The third kappa shape index (κ3) is 2.30. The van der Waals surface area contributed by atoms with Crippen molar-refractivity contribution in [2.24, 2.45) is 0 Å². The molecule has 0 radical (unpaired) electrons. The summed E-state index contributed by atoms with van der Waals surface area (Å²) < 4.78 is 12.5. The summed E-state index contributed by atoms with van der Waals surface area (Å²) in [5.74, 6) is 0. The highest BCUT2D eigenvalue weighted by Gasteiger charge is 2.14. The van der Waals surface area contributed by atoms with Crippen LogP contribution < -0.4 is 5.56 Å². The Morgan fingerprint density at radius 2 is 1.91 bits per heavy atom. The maximum atomic E-state index is 12.5. The second kappa shape index (κ2) is 5.55. The van der Waals surface area contributed by atoms with Crippen LogP contribution in [0.1, 0.15) is 0 Å². The van der Waals surface area contributed by atoms with Gasteiger partial charge in [-0.3, -0.25) is 9.69 Å². The molecule has 0 atom stereocenters. The number of benzene rings is 1. The van der Waals surface area contributed by atoms with Gasteiger partial charge in [-0.2, -0.15) is 5.10 Å². The number of para-hydroxylation sites is 1. The average molecular weight is 299 g/mol. The van der Waals surface area contributed by atoms with E-state index in [-0.39, 0.29) is 5.56 Å². The van der Waals surface area contributed by atoms with Crippen LogP contribution in [0.3, 0.4) is 0 Å². The Balaban J connectivity index is 1.65. The van der Waals surface area contributed by atoms with E-state index in [9.17, 15) is 4.79 Å². The maximum absolute atomic E-state index is 12.5. The van der Waals surface area contributed by atoms with E-state index in [2.05, 4.69) is 10.00 Å². The van der Waals surface area contributed by atoms with Crippen molar-refractivity contribution in [2.45, 2.75) is 6.54 Å². The van der Waals surface area contributed by atoms with Gasteiger partial charge in [0, 0.05) is 25.0 Å². The van der Waals surface area contributed by atoms with E-state index in [4.69, 9.17) is 9.15 Å².